The van der Waals surface area contributed by atoms with Gasteiger partial charge in [-0.1, -0.05) is 29.5 Å². The molecular formula is C19H16N6O2S. The Morgan fingerprint density at radius 2 is 2.04 bits per heavy atom. The van der Waals surface area contributed by atoms with E-state index in [9.17, 15) is 9.59 Å². The summed E-state index contributed by atoms with van der Waals surface area (Å²) in [6.07, 6.45) is 2.03. The minimum Gasteiger partial charge on any atom is -0.348 e. The molecule has 2 amide bonds. The van der Waals surface area contributed by atoms with Crippen molar-refractivity contribution in [2.45, 2.75) is 13.0 Å². The summed E-state index contributed by atoms with van der Waals surface area (Å²) in [6.45, 7) is 0.598. The third kappa shape index (κ3) is 2.89. The number of carbonyl (C=O) groups is 2. The van der Waals surface area contributed by atoms with Crippen LogP contribution in [-0.2, 0) is 16.1 Å². The molecule has 0 saturated carbocycles. The smallest absolute Gasteiger partial charge is 0.229 e. The van der Waals surface area contributed by atoms with Crippen molar-refractivity contribution < 1.29 is 9.59 Å². The number of amides is 2. The van der Waals surface area contributed by atoms with Crippen LogP contribution in [0.1, 0.15) is 12.2 Å². The van der Waals surface area contributed by atoms with Gasteiger partial charge in [0.25, 0.3) is 0 Å². The van der Waals surface area contributed by atoms with Crippen LogP contribution in [0.2, 0.25) is 0 Å². The van der Waals surface area contributed by atoms with E-state index in [1.807, 2.05) is 53.1 Å². The maximum Gasteiger partial charge on any atom is 0.229 e. The van der Waals surface area contributed by atoms with Gasteiger partial charge in [0, 0.05) is 19.2 Å². The zero-order valence-corrected chi connectivity index (χ0v) is 15.6. The Labute approximate surface area is 163 Å². The van der Waals surface area contributed by atoms with E-state index in [1.165, 1.54) is 11.3 Å². The van der Waals surface area contributed by atoms with Crippen LogP contribution in [0, 0.1) is 5.92 Å². The molecule has 1 aliphatic heterocycles. The van der Waals surface area contributed by atoms with Crippen LogP contribution < -0.4 is 10.2 Å². The van der Waals surface area contributed by atoms with Crippen LogP contribution in [0.5, 0.6) is 0 Å². The van der Waals surface area contributed by atoms with Crippen LogP contribution in [0.3, 0.4) is 0 Å². The molecule has 8 nitrogen and oxygen atoms in total. The molecular weight excluding hydrogens is 376 g/mol. The van der Waals surface area contributed by atoms with E-state index in [2.05, 4.69) is 20.5 Å². The first-order valence-electron chi connectivity index (χ1n) is 8.91. The van der Waals surface area contributed by atoms with Crippen LogP contribution in [-0.4, -0.2) is 37.9 Å². The average Bonchev–Trinajstić information content (AvgIpc) is 3.42. The highest BCUT2D eigenvalue weighted by molar-refractivity contribution is 7.22. The molecule has 9 heteroatoms. The summed E-state index contributed by atoms with van der Waals surface area (Å²) in [4.78, 5) is 31.2. The van der Waals surface area contributed by atoms with Gasteiger partial charge in [0.05, 0.1) is 22.7 Å². The lowest BCUT2D eigenvalue weighted by atomic mass is 10.1. The number of hydrogen-bond donors (Lipinski definition) is 1. The van der Waals surface area contributed by atoms with Gasteiger partial charge in [-0.05, 0) is 24.3 Å². The van der Waals surface area contributed by atoms with Gasteiger partial charge in [-0.2, -0.15) is 0 Å². The van der Waals surface area contributed by atoms with Gasteiger partial charge in [-0.3, -0.25) is 18.9 Å². The fourth-order valence-corrected chi connectivity index (χ4v) is 4.36. The Balaban J connectivity index is 1.28. The Hall–Kier alpha value is -3.33. The van der Waals surface area contributed by atoms with Crippen molar-refractivity contribution in [3.05, 3.63) is 54.5 Å². The number of thiazole rings is 1. The van der Waals surface area contributed by atoms with Gasteiger partial charge in [-0.25, -0.2) is 4.98 Å². The quantitative estimate of drug-likeness (QED) is 0.574. The average molecular weight is 392 g/mol. The van der Waals surface area contributed by atoms with Crippen molar-refractivity contribution in [3.8, 4) is 0 Å². The molecule has 1 atom stereocenters. The van der Waals surface area contributed by atoms with Gasteiger partial charge in [0.2, 0.25) is 11.8 Å². The number of nitrogens with one attached hydrogen (secondary N) is 1. The number of aromatic nitrogens is 4. The summed E-state index contributed by atoms with van der Waals surface area (Å²) in [5.41, 5.74) is 1.59. The first kappa shape index (κ1) is 16.8. The second kappa shape index (κ2) is 6.68. The predicted molar refractivity (Wildman–Crippen MR) is 105 cm³/mol. The highest BCUT2D eigenvalue weighted by Gasteiger charge is 2.36. The number of carbonyl (C=O) groups excluding carboxylic acids is 2. The number of benzene rings is 1. The molecule has 1 N–H and O–H groups in total. The van der Waals surface area contributed by atoms with Gasteiger partial charge in [0.1, 0.15) is 0 Å². The summed E-state index contributed by atoms with van der Waals surface area (Å²) in [7, 11) is 0. The second-order valence-corrected chi connectivity index (χ2v) is 7.64. The molecule has 140 valence electrons. The molecule has 1 aliphatic rings. The molecule has 1 unspecified atom stereocenters. The Kier molecular flexibility index (Phi) is 4.01. The van der Waals surface area contributed by atoms with E-state index in [0.717, 1.165) is 15.9 Å². The Bertz CT molecular complexity index is 1170. The highest BCUT2D eigenvalue weighted by atomic mass is 32.1. The van der Waals surface area contributed by atoms with Crippen molar-refractivity contribution >= 4 is 44.1 Å². The minimum atomic E-state index is -0.404. The number of fused-ring (bicyclic) bond motifs is 2. The van der Waals surface area contributed by atoms with Crippen molar-refractivity contribution in [2.75, 3.05) is 11.4 Å². The van der Waals surface area contributed by atoms with E-state index in [0.29, 0.717) is 17.5 Å². The number of rotatable bonds is 4. The van der Waals surface area contributed by atoms with E-state index in [4.69, 9.17) is 0 Å². The van der Waals surface area contributed by atoms with E-state index in [-0.39, 0.29) is 24.8 Å². The van der Waals surface area contributed by atoms with Crippen LogP contribution in [0.25, 0.3) is 15.9 Å². The SMILES string of the molecule is O=C(NCc1nnc2ccccn12)C1CC(=O)N(c2nc3ccccc3s2)C1. The molecule has 1 fully saturated rings. The van der Waals surface area contributed by atoms with Crippen LogP contribution >= 0.6 is 11.3 Å². The van der Waals surface area contributed by atoms with Crippen molar-refractivity contribution in [1.82, 2.24) is 24.9 Å². The minimum absolute atomic E-state index is 0.0767. The molecule has 0 bridgehead atoms. The molecule has 1 aromatic carbocycles. The molecule has 4 aromatic rings. The molecule has 4 heterocycles. The summed E-state index contributed by atoms with van der Waals surface area (Å²) < 4.78 is 2.85. The third-order valence-electron chi connectivity index (χ3n) is 4.81. The maximum atomic E-state index is 12.6. The number of hydrogen-bond acceptors (Lipinski definition) is 6. The zero-order valence-electron chi connectivity index (χ0n) is 14.8. The third-order valence-corrected chi connectivity index (χ3v) is 5.87. The fourth-order valence-electron chi connectivity index (χ4n) is 3.37. The zero-order chi connectivity index (χ0) is 19.1. The first-order chi connectivity index (χ1) is 13.7. The maximum absolute atomic E-state index is 12.6. The highest BCUT2D eigenvalue weighted by Crippen LogP contribution is 2.32. The molecule has 0 spiro atoms. The first-order valence-corrected chi connectivity index (χ1v) is 9.73. The van der Waals surface area contributed by atoms with Crippen molar-refractivity contribution in [1.29, 1.82) is 0 Å². The summed E-state index contributed by atoms with van der Waals surface area (Å²) >= 11 is 1.47. The van der Waals surface area contributed by atoms with Crippen LogP contribution in [0.15, 0.2) is 48.7 Å². The molecule has 5 rings (SSSR count). The Morgan fingerprint density at radius 1 is 1.18 bits per heavy atom. The molecule has 28 heavy (non-hydrogen) atoms. The summed E-state index contributed by atoms with van der Waals surface area (Å²) in [6, 6.07) is 13.4. The normalized spacial score (nSPS) is 16.9. The lowest BCUT2D eigenvalue weighted by Crippen LogP contribution is -2.33. The summed E-state index contributed by atoms with van der Waals surface area (Å²) in [5, 5.41) is 11.7. The molecule has 3 aromatic heterocycles. The van der Waals surface area contributed by atoms with Crippen LogP contribution in [0.4, 0.5) is 5.13 Å². The van der Waals surface area contributed by atoms with Crippen molar-refractivity contribution in [3.63, 3.8) is 0 Å². The Morgan fingerprint density at radius 3 is 2.93 bits per heavy atom. The number of nitrogens with zero attached hydrogens (tertiary/aromatic N) is 5. The van der Waals surface area contributed by atoms with E-state index >= 15 is 0 Å². The van der Waals surface area contributed by atoms with Gasteiger partial charge in [0.15, 0.2) is 16.6 Å². The monoisotopic (exact) mass is 392 g/mol. The van der Waals surface area contributed by atoms with Gasteiger partial charge >= 0.3 is 0 Å². The van der Waals surface area contributed by atoms with Gasteiger partial charge in [-0.15, -0.1) is 10.2 Å². The molecule has 0 radical (unpaired) electrons. The standard InChI is InChI=1S/C19H16N6O2S/c26-17-9-12(11-25(17)19-21-13-5-1-2-6-14(13)28-19)18(27)20-10-16-23-22-15-7-3-4-8-24(15)16/h1-8,12H,9-11H2,(H,20,27). The second-order valence-electron chi connectivity index (χ2n) is 6.63. The molecule has 1 saturated heterocycles. The predicted octanol–water partition coefficient (Wildman–Crippen LogP) is 2.01. The number of para-hydroxylation sites is 1. The lowest BCUT2D eigenvalue weighted by Gasteiger charge is -2.13. The van der Waals surface area contributed by atoms with Gasteiger partial charge < -0.3 is 5.32 Å². The number of pyridine rings is 1. The largest absolute Gasteiger partial charge is 0.348 e. The lowest BCUT2D eigenvalue weighted by molar-refractivity contribution is -0.126. The van der Waals surface area contributed by atoms with Crippen molar-refractivity contribution in [2.24, 2.45) is 5.92 Å². The summed E-state index contributed by atoms with van der Waals surface area (Å²) in [5.74, 6) is 0.00627. The molecule has 0 aliphatic carbocycles. The number of anilines is 1. The van der Waals surface area contributed by atoms with E-state index in [1.54, 1.807) is 4.90 Å². The topological polar surface area (TPSA) is 92.5 Å². The van der Waals surface area contributed by atoms with E-state index < -0.39 is 5.92 Å². The fraction of sp³-hybridized carbons (Fsp3) is 0.211.